The zero-order chi connectivity index (χ0) is 8.15. The van der Waals surface area contributed by atoms with Crippen molar-refractivity contribution >= 4 is 18.9 Å². The fourth-order valence-electron chi connectivity index (χ4n) is 0.467. The van der Waals surface area contributed by atoms with Crippen molar-refractivity contribution in [2.24, 2.45) is 5.73 Å². The predicted octanol–water partition coefficient (Wildman–Crippen LogP) is 0.274. The number of hydrogen-bond acceptors (Lipinski definition) is 2. The average Bonchev–Trinajstić information content (AvgIpc) is 1.82. The summed E-state index contributed by atoms with van der Waals surface area (Å²) in [4.78, 5) is 8.52. The van der Waals surface area contributed by atoms with Gasteiger partial charge in [0.25, 0.3) is 0 Å². The first-order valence-electron chi connectivity index (χ1n) is 2.99. The van der Waals surface area contributed by atoms with Crippen LogP contribution in [0, 0.1) is 0 Å². The molecule has 0 saturated heterocycles. The van der Waals surface area contributed by atoms with Crippen LogP contribution in [-0.4, -0.2) is 28.9 Å². The third kappa shape index (κ3) is 5.18. The van der Waals surface area contributed by atoms with E-state index in [9.17, 15) is 4.57 Å². The molecule has 0 saturated carbocycles. The van der Waals surface area contributed by atoms with Gasteiger partial charge >= 0.3 is 8.03 Å². The lowest BCUT2D eigenvalue weighted by molar-refractivity contribution is 0.488. The van der Waals surface area contributed by atoms with E-state index >= 15 is 0 Å². The Morgan fingerprint density at radius 1 is 1.70 bits per heavy atom. The Balaban J connectivity index is 3.40. The smallest absolute Gasteiger partial charge is 0.285 e. The second kappa shape index (κ2) is 5.08. The van der Waals surface area contributed by atoms with Gasteiger partial charge in [-0.3, -0.25) is 5.73 Å². The fraction of sp³-hybridized carbons (Fsp3) is 1.00. The fourth-order valence-corrected chi connectivity index (χ4v) is 1.72. The zero-order valence-corrected chi connectivity index (χ0v) is 7.99. The summed E-state index contributed by atoms with van der Waals surface area (Å²) in [5, 5.41) is 0. The topological polar surface area (TPSA) is 63.3 Å². The molecule has 0 aromatic heterocycles. The van der Waals surface area contributed by atoms with E-state index in [4.69, 9.17) is 10.6 Å². The molecule has 0 amide bonds. The predicted molar refractivity (Wildman–Crippen MR) is 46.5 cm³/mol. The van der Waals surface area contributed by atoms with Gasteiger partial charge in [-0.2, -0.15) is 4.89 Å². The van der Waals surface area contributed by atoms with E-state index in [1.807, 2.05) is 0 Å². The average molecular weight is 183 g/mol. The third-order valence-electron chi connectivity index (χ3n) is 1.11. The van der Waals surface area contributed by atoms with Crippen molar-refractivity contribution in [3.8, 4) is 0 Å². The van der Waals surface area contributed by atoms with Crippen LogP contribution < -0.4 is 5.73 Å². The Kier molecular flexibility index (Phi) is 5.27. The number of nitrogens with two attached hydrogens (primary N) is 1. The van der Waals surface area contributed by atoms with E-state index in [1.165, 1.54) is 0 Å². The molecule has 2 atom stereocenters. The second-order valence-electron chi connectivity index (χ2n) is 2.35. The van der Waals surface area contributed by atoms with Gasteiger partial charge in [-0.1, -0.05) is 0 Å². The van der Waals surface area contributed by atoms with Gasteiger partial charge < -0.3 is 0 Å². The van der Waals surface area contributed by atoms with Gasteiger partial charge in [-0.15, -0.1) is 0 Å². The van der Waals surface area contributed by atoms with Crippen LogP contribution in [-0.2, 0) is 15.5 Å². The van der Waals surface area contributed by atoms with E-state index in [0.29, 0.717) is 17.3 Å². The maximum Gasteiger partial charge on any atom is 0.524 e. The Hall–Kier alpha value is 0.370. The number of rotatable bonds is 4. The first kappa shape index (κ1) is 10.4. The molecule has 0 heterocycles. The quantitative estimate of drug-likeness (QED) is 0.486. The van der Waals surface area contributed by atoms with Crippen LogP contribution in [0.1, 0.15) is 6.42 Å². The lowest BCUT2D eigenvalue weighted by atomic mass is 10.5. The minimum Gasteiger partial charge on any atom is -0.285 e. The van der Waals surface area contributed by atoms with Crippen molar-refractivity contribution in [1.82, 2.24) is 0 Å². The van der Waals surface area contributed by atoms with Crippen LogP contribution in [0.4, 0.5) is 0 Å². The standard InChI is InChI=1S/C5H13NO2PS/c1-10(2)4-3-5(6)9(7)8/h5H,3-4,6H2,1-2H3/q+1/p+1. The molecule has 0 radical (unpaired) electrons. The Labute approximate surface area is 65.2 Å². The largest absolute Gasteiger partial charge is 0.524 e. The van der Waals surface area contributed by atoms with Crippen molar-refractivity contribution in [1.29, 1.82) is 0 Å². The summed E-state index contributed by atoms with van der Waals surface area (Å²) in [6, 6.07) is 0. The van der Waals surface area contributed by atoms with Crippen LogP contribution in [0.15, 0.2) is 0 Å². The Morgan fingerprint density at radius 2 is 2.20 bits per heavy atom. The van der Waals surface area contributed by atoms with E-state index < -0.39 is 13.8 Å². The minimum atomic E-state index is -2.16. The molecule has 0 aliphatic rings. The SMILES string of the molecule is C[S+](C)CCC(N)[P+](=O)O. The molecule has 3 nitrogen and oxygen atoms in total. The Morgan fingerprint density at radius 3 is 2.50 bits per heavy atom. The molecular formula is C5H14NO2PS+2. The molecule has 0 aliphatic heterocycles. The van der Waals surface area contributed by atoms with Crippen LogP contribution in [0.2, 0.25) is 0 Å². The molecule has 0 bridgehead atoms. The summed E-state index contributed by atoms with van der Waals surface area (Å²) >= 11 is 0. The third-order valence-corrected chi connectivity index (χ3v) is 2.98. The molecule has 0 aromatic rings. The molecule has 3 N–H and O–H groups in total. The lowest BCUT2D eigenvalue weighted by Gasteiger charge is -1.95. The van der Waals surface area contributed by atoms with E-state index in [0.717, 1.165) is 5.75 Å². The summed E-state index contributed by atoms with van der Waals surface area (Å²) in [6.45, 7) is 0. The molecule has 0 aromatic carbocycles. The molecule has 0 fully saturated rings. The van der Waals surface area contributed by atoms with Gasteiger partial charge in [-0.25, -0.2) is 0 Å². The molecule has 0 aliphatic carbocycles. The van der Waals surface area contributed by atoms with Gasteiger partial charge in [0.05, 0.1) is 18.9 Å². The van der Waals surface area contributed by atoms with Crippen molar-refractivity contribution < 1.29 is 9.46 Å². The maximum atomic E-state index is 10.3. The summed E-state index contributed by atoms with van der Waals surface area (Å²) < 4.78 is 10.3. The molecule has 0 rings (SSSR count). The molecule has 60 valence electrons. The maximum absolute atomic E-state index is 10.3. The number of hydrogen-bond donors (Lipinski definition) is 2. The van der Waals surface area contributed by atoms with E-state index in [1.54, 1.807) is 0 Å². The second-order valence-corrected chi connectivity index (χ2v) is 6.00. The summed E-state index contributed by atoms with van der Waals surface area (Å²) in [6.07, 6.45) is 4.84. The van der Waals surface area contributed by atoms with Crippen LogP contribution in [0.25, 0.3) is 0 Å². The van der Waals surface area contributed by atoms with Crippen molar-refractivity contribution in [2.75, 3.05) is 18.3 Å². The Bertz CT molecular complexity index is 120. The monoisotopic (exact) mass is 183 g/mol. The lowest BCUT2D eigenvalue weighted by Crippen LogP contribution is -2.19. The van der Waals surface area contributed by atoms with Gasteiger partial charge in [0.2, 0.25) is 5.78 Å². The first-order valence-corrected chi connectivity index (χ1v) is 6.48. The summed E-state index contributed by atoms with van der Waals surface area (Å²) in [7, 11) is -1.83. The zero-order valence-electron chi connectivity index (χ0n) is 6.28. The summed E-state index contributed by atoms with van der Waals surface area (Å²) in [5.41, 5.74) is 5.34. The van der Waals surface area contributed by atoms with Gasteiger partial charge in [0.1, 0.15) is 5.75 Å². The highest BCUT2D eigenvalue weighted by Gasteiger charge is 2.25. The van der Waals surface area contributed by atoms with Crippen LogP contribution in [0.5, 0.6) is 0 Å². The van der Waals surface area contributed by atoms with Crippen molar-refractivity contribution in [3.05, 3.63) is 0 Å². The van der Waals surface area contributed by atoms with Gasteiger partial charge in [-0.05, 0) is 15.5 Å². The normalized spacial score (nSPS) is 15.5. The van der Waals surface area contributed by atoms with Gasteiger partial charge in [0, 0.05) is 0 Å². The molecule has 10 heavy (non-hydrogen) atoms. The van der Waals surface area contributed by atoms with E-state index in [-0.39, 0.29) is 0 Å². The molecule has 2 unspecified atom stereocenters. The highest BCUT2D eigenvalue weighted by molar-refractivity contribution is 7.95. The summed E-state index contributed by atoms with van der Waals surface area (Å²) in [5.74, 6) is 0.424. The molecular weight excluding hydrogens is 169 g/mol. The molecule has 5 heteroatoms. The minimum absolute atomic E-state index is 0.328. The molecule has 0 spiro atoms. The van der Waals surface area contributed by atoms with Crippen LogP contribution in [0.3, 0.4) is 0 Å². The van der Waals surface area contributed by atoms with E-state index in [2.05, 4.69) is 12.5 Å². The first-order chi connectivity index (χ1) is 4.54. The van der Waals surface area contributed by atoms with Crippen molar-refractivity contribution in [2.45, 2.75) is 12.2 Å². The van der Waals surface area contributed by atoms with Crippen molar-refractivity contribution in [3.63, 3.8) is 0 Å². The highest BCUT2D eigenvalue weighted by atomic mass is 32.2. The van der Waals surface area contributed by atoms with Gasteiger partial charge in [0.15, 0.2) is 0 Å². The van der Waals surface area contributed by atoms with Crippen LogP contribution >= 0.6 is 8.03 Å². The highest BCUT2D eigenvalue weighted by Crippen LogP contribution is 2.20.